The number of carbonyl (C=O) groups excluding carboxylic acids is 1. The number of aryl methyl sites for hydroxylation is 2. The predicted octanol–water partition coefficient (Wildman–Crippen LogP) is 0.418. The molecule has 1 unspecified atom stereocenters. The molecule has 6 nitrogen and oxygen atoms in total. The Balaban J connectivity index is 2.25. The molecule has 17 heavy (non-hydrogen) atoms. The van der Waals surface area contributed by atoms with Gasteiger partial charge in [-0.05, 0) is 25.8 Å². The van der Waals surface area contributed by atoms with Gasteiger partial charge < -0.3 is 10.0 Å². The summed E-state index contributed by atoms with van der Waals surface area (Å²) in [6, 6.07) is 0.984. The standard InChI is InChI=1S/C11H15N3O3/c1-7-6-9(13(2)12-7)10(15)14-5-3-4-8(14)11(16)17/h6,8H,3-5H2,1-2H3,(H,16,17). The minimum Gasteiger partial charge on any atom is -0.480 e. The van der Waals surface area contributed by atoms with E-state index in [2.05, 4.69) is 5.10 Å². The second-order valence-electron chi connectivity index (χ2n) is 4.29. The van der Waals surface area contributed by atoms with Gasteiger partial charge in [0.1, 0.15) is 11.7 Å². The summed E-state index contributed by atoms with van der Waals surface area (Å²) in [4.78, 5) is 24.6. The monoisotopic (exact) mass is 237 g/mol. The van der Waals surface area contributed by atoms with Gasteiger partial charge in [0, 0.05) is 13.6 Å². The van der Waals surface area contributed by atoms with Gasteiger partial charge in [-0.25, -0.2) is 4.79 Å². The normalized spacial score (nSPS) is 19.6. The number of carboxylic acid groups (broad SMARTS) is 1. The average Bonchev–Trinajstić information content (AvgIpc) is 2.83. The second kappa shape index (κ2) is 4.20. The summed E-state index contributed by atoms with van der Waals surface area (Å²) in [7, 11) is 1.69. The Kier molecular flexibility index (Phi) is 2.87. The molecule has 0 spiro atoms. The van der Waals surface area contributed by atoms with Crippen LogP contribution in [0.25, 0.3) is 0 Å². The van der Waals surface area contributed by atoms with Crippen LogP contribution in [0.4, 0.5) is 0 Å². The Bertz CT molecular complexity index is 467. The van der Waals surface area contributed by atoms with Crippen LogP contribution in [-0.4, -0.2) is 44.3 Å². The van der Waals surface area contributed by atoms with Gasteiger partial charge in [0.25, 0.3) is 5.91 Å². The summed E-state index contributed by atoms with van der Waals surface area (Å²) in [6.45, 7) is 2.30. The lowest BCUT2D eigenvalue weighted by Gasteiger charge is -2.21. The fraction of sp³-hybridized carbons (Fsp3) is 0.545. The van der Waals surface area contributed by atoms with E-state index in [0.717, 1.165) is 12.1 Å². The highest BCUT2D eigenvalue weighted by molar-refractivity contribution is 5.95. The summed E-state index contributed by atoms with van der Waals surface area (Å²) in [6.07, 6.45) is 1.26. The van der Waals surface area contributed by atoms with Crippen molar-refractivity contribution in [2.45, 2.75) is 25.8 Å². The quantitative estimate of drug-likeness (QED) is 0.808. The molecule has 1 aliphatic heterocycles. The Morgan fingerprint density at radius 3 is 2.76 bits per heavy atom. The van der Waals surface area contributed by atoms with Crippen molar-refractivity contribution in [2.75, 3.05) is 6.54 Å². The largest absolute Gasteiger partial charge is 0.480 e. The van der Waals surface area contributed by atoms with Gasteiger partial charge in [-0.1, -0.05) is 0 Å². The SMILES string of the molecule is Cc1cc(C(=O)N2CCCC2C(=O)O)n(C)n1. The summed E-state index contributed by atoms with van der Waals surface area (Å²) >= 11 is 0. The molecule has 1 aromatic rings. The van der Waals surface area contributed by atoms with Crippen LogP contribution in [0.5, 0.6) is 0 Å². The molecule has 1 aliphatic rings. The second-order valence-corrected chi connectivity index (χ2v) is 4.29. The summed E-state index contributed by atoms with van der Waals surface area (Å²) in [5, 5.41) is 13.1. The van der Waals surface area contributed by atoms with Crippen LogP contribution < -0.4 is 0 Å². The molecule has 0 saturated carbocycles. The van der Waals surface area contributed by atoms with Crippen molar-refractivity contribution in [1.82, 2.24) is 14.7 Å². The van der Waals surface area contributed by atoms with Gasteiger partial charge in [-0.2, -0.15) is 5.10 Å². The third kappa shape index (κ3) is 2.02. The van der Waals surface area contributed by atoms with E-state index in [1.807, 2.05) is 0 Å². The first-order chi connectivity index (χ1) is 8.00. The van der Waals surface area contributed by atoms with Gasteiger partial charge in [-0.3, -0.25) is 9.48 Å². The molecule has 2 rings (SSSR count). The van der Waals surface area contributed by atoms with Crippen LogP contribution in [0.2, 0.25) is 0 Å². The third-order valence-electron chi connectivity index (χ3n) is 3.02. The third-order valence-corrected chi connectivity index (χ3v) is 3.02. The maximum Gasteiger partial charge on any atom is 0.326 e. The van der Waals surface area contributed by atoms with Gasteiger partial charge in [-0.15, -0.1) is 0 Å². The van der Waals surface area contributed by atoms with Crippen LogP contribution in [0.1, 0.15) is 29.0 Å². The fourth-order valence-electron chi connectivity index (χ4n) is 2.22. The Hall–Kier alpha value is -1.85. The molecular weight excluding hydrogens is 222 g/mol. The molecule has 1 atom stereocenters. The van der Waals surface area contributed by atoms with Crippen molar-refractivity contribution < 1.29 is 14.7 Å². The van der Waals surface area contributed by atoms with E-state index in [9.17, 15) is 9.59 Å². The lowest BCUT2D eigenvalue weighted by molar-refractivity contribution is -0.141. The van der Waals surface area contributed by atoms with Crippen LogP contribution >= 0.6 is 0 Å². The van der Waals surface area contributed by atoms with Crippen molar-refractivity contribution in [1.29, 1.82) is 0 Å². The molecule has 0 radical (unpaired) electrons. The van der Waals surface area contributed by atoms with Crippen molar-refractivity contribution in [2.24, 2.45) is 7.05 Å². The molecule has 0 bridgehead atoms. The Morgan fingerprint density at radius 1 is 1.53 bits per heavy atom. The van der Waals surface area contributed by atoms with Gasteiger partial charge in [0.05, 0.1) is 5.69 Å². The van der Waals surface area contributed by atoms with Crippen LogP contribution in [0, 0.1) is 6.92 Å². The molecule has 92 valence electrons. The van der Waals surface area contributed by atoms with Crippen molar-refractivity contribution in [3.63, 3.8) is 0 Å². The first-order valence-electron chi connectivity index (χ1n) is 5.55. The van der Waals surface area contributed by atoms with Crippen molar-refractivity contribution >= 4 is 11.9 Å². The fourth-order valence-corrected chi connectivity index (χ4v) is 2.22. The molecule has 0 aromatic carbocycles. The average molecular weight is 237 g/mol. The molecule has 1 amide bonds. The molecule has 1 N–H and O–H groups in total. The molecule has 0 aliphatic carbocycles. The van der Waals surface area contributed by atoms with Gasteiger partial charge in [0.2, 0.25) is 0 Å². The van der Waals surface area contributed by atoms with Crippen LogP contribution in [0.3, 0.4) is 0 Å². The van der Waals surface area contributed by atoms with E-state index in [1.165, 1.54) is 9.58 Å². The number of aliphatic carboxylic acids is 1. The first-order valence-corrected chi connectivity index (χ1v) is 5.55. The van der Waals surface area contributed by atoms with Gasteiger partial charge >= 0.3 is 5.97 Å². The maximum atomic E-state index is 12.2. The number of amides is 1. The van der Waals surface area contributed by atoms with E-state index in [4.69, 9.17) is 5.11 Å². The number of nitrogens with zero attached hydrogens (tertiary/aromatic N) is 3. The number of carboxylic acids is 1. The number of hydrogen-bond donors (Lipinski definition) is 1. The molecule has 1 fully saturated rings. The smallest absolute Gasteiger partial charge is 0.326 e. The zero-order chi connectivity index (χ0) is 12.6. The number of rotatable bonds is 2. The van der Waals surface area contributed by atoms with E-state index in [-0.39, 0.29) is 5.91 Å². The highest BCUT2D eigenvalue weighted by Gasteiger charge is 2.35. The number of hydrogen-bond acceptors (Lipinski definition) is 3. The molecular formula is C11H15N3O3. The minimum absolute atomic E-state index is 0.252. The zero-order valence-electron chi connectivity index (χ0n) is 9.88. The molecule has 1 aromatic heterocycles. The highest BCUT2D eigenvalue weighted by atomic mass is 16.4. The van der Waals surface area contributed by atoms with Gasteiger partial charge in [0.15, 0.2) is 0 Å². The highest BCUT2D eigenvalue weighted by Crippen LogP contribution is 2.20. The van der Waals surface area contributed by atoms with E-state index in [0.29, 0.717) is 18.7 Å². The van der Waals surface area contributed by atoms with E-state index >= 15 is 0 Å². The Labute approximate surface area is 98.8 Å². The first kappa shape index (κ1) is 11.6. The zero-order valence-corrected chi connectivity index (χ0v) is 9.88. The van der Waals surface area contributed by atoms with Crippen LogP contribution in [-0.2, 0) is 11.8 Å². The van der Waals surface area contributed by atoms with E-state index in [1.54, 1.807) is 20.0 Å². The molecule has 1 saturated heterocycles. The minimum atomic E-state index is -0.935. The van der Waals surface area contributed by atoms with Crippen LogP contribution in [0.15, 0.2) is 6.07 Å². The summed E-state index contributed by atoms with van der Waals surface area (Å²) in [5.41, 5.74) is 1.19. The van der Waals surface area contributed by atoms with Crippen molar-refractivity contribution in [3.05, 3.63) is 17.5 Å². The molecule has 2 heterocycles. The topological polar surface area (TPSA) is 75.4 Å². The maximum absolute atomic E-state index is 12.2. The number of carbonyl (C=O) groups is 2. The predicted molar refractivity (Wildman–Crippen MR) is 59.6 cm³/mol. The number of aromatic nitrogens is 2. The van der Waals surface area contributed by atoms with Crippen molar-refractivity contribution in [3.8, 4) is 0 Å². The lowest BCUT2D eigenvalue weighted by atomic mass is 10.2. The molecule has 6 heteroatoms. The summed E-state index contributed by atoms with van der Waals surface area (Å²) in [5.74, 6) is -1.19. The lowest BCUT2D eigenvalue weighted by Crippen LogP contribution is -2.41. The van der Waals surface area contributed by atoms with E-state index < -0.39 is 12.0 Å². The Morgan fingerprint density at radius 2 is 2.24 bits per heavy atom. The summed E-state index contributed by atoms with van der Waals surface area (Å²) < 4.78 is 1.49. The number of likely N-dealkylation sites (tertiary alicyclic amines) is 1.